The number of carbonyl (C=O) groups is 6. The van der Waals surface area contributed by atoms with Gasteiger partial charge in [-0.1, -0.05) is 84.9 Å². The zero-order valence-electron chi connectivity index (χ0n) is 59.5. The van der Waals surface area contributed by atoms with Gasteiger partial charge in [-0.2, -0.15) is 10.5 Å². The molecule has 2 aliphatic rings. The normalized spacial score (nSPS) is 14.3. The quantitative estimate of drug-likeness (QED) is 0.0275. The number of aromatic nitrogens is 6. The number of nitrogen functional groups attached to an aromatic ring is 1. The smallest absolute Gasteiger partial charge is 0.410 e. The number of nitrogens with two attached hydrogens (primary N) is 2. The number of benzene rings is 6. The van der Waals surface area contributed by atoms with Crippen LogP contribution in [0.1, 0.15) is 170 Å². The van der Waals surface area contributed by atoms with E-state index >= 15 is 0 Å². The molecule has 6 heterocycles. The summed E-state index contributed by atoms with van der Waals surface area (Å²) in [6, 6.07) is 56.4. The van der Waals surface area contributed by atoms with Gasteiger partial charge in [-0.05, 0) is 199 Å². The number of ether oxygens (including phenoxy) is 2. The number of H-pyrrole nitrogens is 1. The van der Waals surface area contributed by atoms with Crippen molar-refractivity contribution in [3.8, 4) is 56.9 Å². The second-order valence-corrected chi connectivity index (χ2v) is 29.3. The fraction of sp³-hybridized carbons (Fsp3) is 0.250. The molecule has 0 aliphatic carbocycles. The van der Waals surface area contributed by atoms with E-state index in [-0.39, 0.29) is 35.1 Å². The molecule has 2 atom stereocenters. The van der Waals surface area contributed by atoms with Crippen LogP contribution in [0, 0.1) is 22.7 Å². The van der Waals surface area contributed by atoms with Crippen LogP contribution >= 0.6 is 7.37 Å². The first kappa shape index (κ1) is 75.5. The summed E-state index contributed by atoms with van der Waals surface area (Å²) in [4.78, 5) is 102. The van der Waals surface area contributed by atoms with E-state index in [4.69, 9.17) is 46.3 Å². The highest BCUT2D eigenvalue weighted by molar-refractivity contribution is 7.74. The summed E-state index contributed by atoms with van der Waals surface area (Å²) in [5.74, 6) is 12.2. The third kappa shape index (κ3) is 18.7. The number of piperidine rings is 2. The van der Waals surface area contributed by atoms with Crippen molar-refractivity contribution in [3.63, 3.8) is 0 Å². The second kappa shape index (κ2) is 33.3. The third-order valence-corrected chi connectivity index (χ3v) is 19.4. The van der Waals surface area contributed by atoms with Crippen molar-refractivity contribution in [2.24, 2.45) is 5.90 Å². The zero-order chi connectivity index (χ0) is 75.2. The molecule has 10 aromatic rings. The van der Waals surface area contributed by atoms with E-state index in [0.29, 0.717) is 110 Å². The Bertz CT molecular complexity index is 4880. The Balaban J connectivity index is 0.000000186. The molecule has 0 unspecified atom stereocenters. The van der Waals surface area contributed by atoms with Gasteiger partial charge in [-0.25, -0.2) is 44.7 Å². The highest BCUT2D eigenvalue weighted by Gasteiger charge is 2.38. The minimum absolute atomic E-state index is 0.187. The van der Waals surface area contributed by atoms with Crippen LogP contribution in [0.3, 0.4) is 0 Å². The van der Waals surface area contributed by atoms with Crippen LogP contribution in [-0.4, -0.2) is 99.3 Å². The molecule has 4 aromatic heterocycles. The van der Waals surface area contributed by atoms with E-state index in [1.807, 2.05) is 114 Å². The number of Topliss-reactive ketones (excluding diaryl/α,β-unsaturated/α-hetero) is 2. The Hall–Kier alpha value is -12.2. The van der Waals surface area contributed by atoms with Gasteiger partial charge in [0.15, 0.2) is 17.4 Å². The Labute approximate surface area is 608 Å². The first-order valence-electron chi connectivity index (χ1n) is 34.1. The van der Waals surface area contributed by atoms with Gasteiger partial charge in [0.05, 0.1) is 41.0 Å². The lowest BCUT2D eigenvalue weighted by Crippen LogP contribution is -2.43. The lowest BCUT2D eigenvalue weighted by Gasteiger charge is -2.36. The lowest BCUT2D eigenvalue weighted by molar-refractivity contribution is 0.00739. The number of anilines is 2. The summed E-state index contributed by atoms with van der Waals surface area (Å²) in [6.07, 6.45) is 7.17. The number of nitrogens with zero attached hydrogens (tertiary/aromatic N) is 9. The number of likely N-dealkylation sites (tertiary alicyclic amines) is 2. The number of aromatic amines is 1. The Kier molecular flexibility index (Phi) is 23.9. The molecule has 25 heteroatoms. The largest absolute Gasteiger partial charge is 0.444 e. The molecule has 6 aromatic carbocycles. The van der Waals surface area contributed by atoms with Crippen LogP contribution in [0.25, 0.3) is 44.8 Å². The average molecular weight is 1430 g/mol. The van der Waals surface area contributed by atoms with Gasteiger partial charge >= 0.3 is 12.2 Å². The number of carbonyl (C=O) groups excluding carboxylic acids is 6. The molecule has 536 valence electrons. The summed E-state index contributed by atoms with van der Waals surface area (Å²) in [7, 11) is -3.13. The van der Waals surface area contributed by atoms with Crippen molar-refractivity contribution in [1.29, 1.82) is 10.5 Å². The van der Waals surface area contributed by atoms with E-state index in [0.717, 1.165) is 47.9 Å². The van der Waals surface area contributed by atoms with Crippen molar-refractivity contribution in [2.75, 3.05) is 29.6 Å². The molecular formula is C80H81N14O10P. The van der Waals surface area contributed by atoms with Crippen molar-refractivity contribution in [3.05, 3.63) is 240 Å². The number of nitrogens with one attached hydrogen (secondary N) is 3. The van der Waals surface area contributed by atoms with Crippen LogP contribution in [0.5, 0.6) is 0 Å². The highest BCUT2D eigenvalue weighted by Crippen LogP contribution is 2.43. The van der Waals surface area contributed by atoms with E-state index in [2.05, 4.69) is 37.7 Å². The van der Waals surface area contributed by atoms with Crippen molar-refractivity contribution in [1.82, 2.24) is 39.4 Å². The molecule has 12 rings (SSSR count). The molecule has 0 spiro atoms. The molecule has 105 heavy (non-hydrogen) atoms. The van der Waals surface area contributed by atoms with Crippen molar-refractivity contribution >= 4 is 65.2 Å². The average Bonchev–Trinajstić information content (AvgIpc) is 1.65. The minimum Gasteiger partial charge on any atom is -0.444 e. The van der Waals surface area contributed by atoms with Gasteiger partial charge in [0, 0.05) is 72.2 Å². The summed E-state index contributed by atoms with van der Waals surface area (Å²) >= 11 is 0. The second-order valence-electron chi connectivity index (χ2n) is 27.0. The molecule has 7 N–H and O–H groups in total. The van der Waals surface area contributed by atoms with Gasteiger partial charge in [-0.3, -0.25) is 33.5 Å². The predicted molar refractivity (Wildman–Crippen MR) is 401 cm³/mol. The molecule has 0 saturated carbocycles. The van der Waals surface area contributed by atoms with Gasteiger partial charge in [-0.15, -0.1) is 0 Å². The topological polar surface area (TPSA) is 350 Å². The molecule has 2 aliphatic heterocycles. The molecule has 0 bridgehead atoms. The van der Waals surface area contributed by atoms with Crippen LogP contribution in [-0.2, 0) is 18.7 Å². The van der Waals surface area contributed by atoms with E-state index in [9.17, 15) is 33.3 Å². The van der Waals surface area contributed by atoms with Crippen LogP contribution in [0.4, 0.5) is 21.2 Å². The lowest BCUT2D eigenvalue weighted by atomic mass is 10.0. The Morgan fingerprint density at radius 3 is 1.36 bits per heavy atom. The molecule has 4 amide bonds. The minimum atomic E-state index is -3.13. The maximum absolute atomic E-state index is 13.1. The van der Waals surface area contributed by atoms with E-state index in [1.165, 1.54) is 18.5 Å². The van der Waals surface area contributed by atoms with Crippen LogP contribution in [0.2, 0.25) is 0 Å². The molecule has 2 saturated heterocycles. The summed E-state index contributed by atoms with van der Waals surface area (Å²) in [5, 5.41) is 24.9. The molecular weight excluding hydrogens is 1350 g/mol. The number of hydrogen-bond donors (Lipinski definition) is 5. The Morgan fingerprint density at radius 2 is 0.952 bits per heavy atom. The SMILES string of the molecule is CC(=O)c1[nH]c([C@@H]2CCCCN2C(=O)OC(C)(C)C)nc1-c1ccc(C(=O)Nc2cc(-c3ccc(C#N)cc3)ccn2)cc1.CC(=O)c1c(-c2ccc(C(=O)Nc3cc(-c4ccc(C#N)cc4)ccn3)cc2)nc([C@@H]2CCCCN2C(=O)OC(C)(C)C)n1N.NOP(=O)(c1ccccc1)c1ccccc1. The third-order valence-electron chi connectivity index (χ3n) is 17.1. The summed E-state index contributed by atoms with van der Waals surface area (Å²) in [6.45, 7) is 14.9. The van der Waals surface area contributed by atoms with Gasteiger partial charge in [0.25, 0.3) is 19.2 Å². The number of nitriles is 2. The predicted octanol–water partition coefficient (Wildman–Crippen LogP) is 14.8. The summed E-state index contributed by atoms with van der Waals surface area (Å²) < 4.78 is 30.0. The van der Waals surface area contributed by atoms with Crippen LogP contribution < -0.4 is 33.0 Å². The number of amides is 4. The standard InChI is InChI=1S/C34H35N7O4.C34H34N6O4.C12H12NO2P/c1-21(42)30-29(39-31(41(30)36)27-7-5-6-18-40(27)33(44)45-34(2,3)4)24-12-14-25(15-13-24)32(43)38-28-19-26(16-17-37-28)23-10-8-22(20-35)9-11-23;1-21(41)29-30(39-31(38-29)27-7-5-6-18-40(27)33(43)44-34(2,3)4)24-12-14-25(15-13-24)32(42)37-28-19-26(16-17-36-28)23-10-8-22(20-35)9-11-23;13-15-16(14,11-7-3-1-4-8-11)12-9-5-2-6-10-12/h8-17,19,27H,5-7,18,36H2,1-4H3,(H,37,38,43);8-17,19,27H,5-7,18H2,1-4H3,(H,38,39)(H,36,37,42);1-10H,13H2/t2*27-;/m00./s1. The molecule has 24 nitrogen and oxygen atoms in total. The van der Waals surface area contributed by atoms with Gasteiger partial charge in [0.1, 0.15) is 45.7 Å². The van der Waals surface area contributed by atoms with Crippen LogP contribution in [0.15, 0.2) is 194 Å². The fourth-order valence-corrected chi connectivity index (χ4v) is 13.7. The molecule has 0 radical (unpaired) electrons. The number of pyridine rings is 2. The number of imidazole rings is 2. The number of rotatable bonds is 15. The number of hydrogen-bond acceptors (Lipinski definition) is 18. The van der Waals surface area contributed by atoms with Gasteiger partial charge < -0.3 is 30.9 Å². The summed E-state index contributed by atoms with van der Waals surface area (Å²) in [5.41, 5.74) is 6.75. The number of ketones is 2. The Morgan fingerprint density at radius 1 is 0.533 bits per heavy atom. The van der Waals surface area contributed by atoms with E-state index < -0.39 is 36.8 Å². The van der Waals surface area contributed by atoms with Crippen molar-refractivity contribution in [2.45, 2.75) is 117 Å². The molecule has 2 fully saturated rings. The monoisotopic (exact) mass is 1430 g/mol. The van der Waals surface area contributed by atoms with Crippen molar-refractivity contribution < 1.29 is 47.4 Å². The first-order chi connectivity index (χ1) is 50.2. The highest BCUT2D eigenvalue weighted by atomic mass is 31.2. The van der Waals surface area contributed by atoms with E-state index in [1.54, 1.807) is 131 Å². The van der Waals surface area contributed by atoms with Gasteiger partial charge in [0.2, 0.25) is 0 Å². The zero-order valence-corrected chi connectivity index (χ0v) is 60.4. The maximum Gasteiger partial charge on any atom is 0.410 e. The fourth-order valence-electron chi connectivity index (χ4n) is 12.0. The first-order valence-corrected chi connectivity index (χ1v) is 35.7. The maximum atomic E-state index is 13.1.